The molecular formula is C25H38N4O2. The van der Waals surface area contributed by atoms with Gasteiger partial charge in [-0.2, -0.15) is 0 Å². The topological polar surface area (TPSA) is 47.1 Å². The zero-order chi connectivity index (χ0) is 21.6. The molecule has 31 heavy (non-hydrogen) atoms. The molecule has 2 atom stereocenters. The first-order valence-electron chi connectivity index (χ1n) is 12.2. The van der Waals surface area contributed by atoms with E-state index in [-0.39, 0.29) is 17.9 Å². The van der Waals surface area contributed by atoms with E-state index in [1.165, 1.54) is 12.8 Å². The summed E-state index contributed by atoms with van der Waals surface area (Å²) in [5.74, 6) is 0.516. The highest BCUT2D eigenvalue weighted by atomic mass is 16.2. The monoisotopic (exact) mass is 426 g/mol. The molecule has 6 nitrogen and oxygen atoms in total. The Morgan fingerprint density at radius 1 is 0.871 bits per heavy atom. The number of piperidine rings is 2. The molecule has 3 fully saturated rings. The molecule has 0 radical (unpaired) electrons. The van der Waals surface area contributed by atoms with Crippen molar-refractivity contribution in [2.45, 2.75) is 57.5 Å². The number of carbonyl (C=O) groups is 2. The average Bonchev–Trinajstić information content (AvgIpc) is 2.82. The van der Waals surface area contributed by atoms with E-state index < -0.39 is 0 Å². The third-order valence-corrected chi connectivity index (χ3v) is 7.27. The molecule has 1 aromatic carbocycles. The smallest absolute Gasteiger partial charge is 0.244 e. The lowest BCUT2D eigenvalue weighted by molar-refractivity contribution is -0.140. The molecule has 2 amide bonds. The Balaban J connectivity index is 1.38. The fourth-order valence-corrected chi connectivity index (χ4v) is 5.36. The van der Waals surface area contributed by atoms with Crippen LogP contribution in [-0.2, 0) is 9.59 Å². The summed E-state index contributed by atoms with van der Waals surface area (Å²) in [4.78, 5) is 35.1. The van der Waals surface area contributed by atoms with Crippen molar-refractivity contribution in [2.75, 3.05) is 52.4 Å². The predicted molar refractivity (Wildman–Crippen MR) is 123 cm³/mol. The van der Waals surface area contributed by atoms with Gasteiger partial charge in [0.15, 0.2) is 0 Å². The van der Waals surface area contributed by atoms with Crippen molar-refractivity contribution in [1.82, 2.24) is 19.6 Å². The van der Waals surface area contributed by atoms with Crippen LogP contribution in [0.25, 0.3) is 0 Å². The largest absolute Gasteiger partial charge is 0.341 e. The van der Waals surface area contributed by atoms with E-state index in [0.29, 0.717) is 12.6 Å². The van der Waals surface area contributed by atoms with Crippen LogP contribution in [0.1, 0.15) is 57.1 Å². The zero-order valence-electron chi connectivity index (χ0n) is 19.0. The third-order valence-electron chi connectivity index (χ3n) is 7.27. The van der Waals surface area contributed by atoms with Crippen LogP contribution >= 0.6 is 0 Å². The van der Waals surface area contributed by atoms with Gasteiger partial charge >= 0.3 is 0 Å². The van der Waals surface area contributed by atoms with Crippen LogP contribution in [-0.4, -0.2) is 89.8 Å². The number of nitrogens with zero attached hydrogens (tertiary/aromatic N) is 4. The molecule has 0 N–H and O–H groups in total. The Labute approximate surface area is 187 Å². The minimum atomic E-state index is -0.209. The molecule has 3 saturated heterocycles. The van der Waals surface area contributed by atoms with Gasteiger partial charge in [0.1, 0.15) is 6.04 Å². The second kappa shape index (κ2) is 10.6. The SMILES string of the molecule is CC1CCCCN1C(=O)CN1CCN(C(C(=O)N2CCCCC2)c2ccccc2)CC1. The molecule has 0 spiro atoms. The highest BCUT2D eigenvalue weighted by molar-refractivity contribution is 5.83. The predicted octanol–water partition coefficient (Wildman–Crippen LogP) is 2.76. The number of rotatable bonds is 5. The molecule has 3 aliphatic rings. The van der Waals surface area contributed by atoms with Crippen molar-refractivity contribution in [3.63, 3.8) is 0 Å². The van der Waals surface area contributed by atoms with E-state index in [1.807, 2.05) is 18.2 Å². The lowest BCUT2D eigenvalue weighted by atomic mass is 10.0. The van der Waals surface area contributed by atoms with Gasteiger partial charge in [-0.3, -0.25) is 19.4 Å². The molecule has 0 aromatic heterocycles. The summed E-state index contributed by atoms with van der Waals surface area (Å²) in [6, 6.07) is 10.4. The van der Waals surface area contributed by atoms with Crippen molar-refractivity contribution < 1.29 is 9.59 Å². The highest BCUT2D eigenvalue weighted by Gasteiger charge is 2.34. The first-order chi connectivity index (χ1) is 15.1. The van der Waals surface area contributed by atoms with E-state index in [1.54, 1.807) is 0 Å². The van der Waals surface area contributed by atoms with Crippen molar-refractivity contribution in [1.29, 1.82) is 0 Å². The van der Waals surface area contributed by atoms with Gasteiger partial charge in [0.05, 0.1) is 6.54 Å². The Morgan fingerprint density at radius 2 is 1.55 bits per heavy atom. The molecule has 0 aliphatic carbocycles. The van der Waals surface area contributed by atoms with Crippen LogP contribution < -0.4 is 0 Å². The Kier molecular flexibility index (Phi) is 7.62. The van der Waals surface area contributed by atoms with E-state index in [0.717, 1.165) is 77.1 Å². The zero-order valence-corrected chi connectivity index (χ0v) is 19.0. The van der Waals surface area contributed by atoms with Crippen LogP contribution in [0.2, 0.25) is 0 Å². The standard InChI is InChI=1S/C25H38N4O2/c1-21-10-6-9-15-29(21)23(30)20-26-16-18-27(19-17-26)24(22-11-4-2-5-12-22)25(31)28-13-7-3-8-14-28/h2,4-5,11-12,21,24H,3,6-10,13-20H2,1H3. The summed E-state index contributed by atoms with van der Waals surface area (Å²) in [5, 5.41) is 0. The molecule has 2 unspecified atom stereocenters. The lowest BCUT2D eigenvalue weighted by Gasteiger charge is -2.41. The highest BCUT2D eigenvalue weighted by Crippen LogP contribution is 2.26. The first-order valence-corrected chi connectivity index (χ1v) is 12.2. The molecule has 1 aromatic rings. The number of benzene rings is 1. The fourth-order valence-electron chi connectivity index (χ4n) is 5.36. The fraction of sp³-hybridized carbons (Fsp3) is 0.680. The summed E-state index contributed by atoms with van der Waals surface area (Å²) >= 11 is 0. The first kappa shape index (κ1) is 22.3. The van der Waals surface area contributed by atoms with Gasteiger partial charge < -0.3 is 9.80 Å². The van der Waals surface area contributed by atoms with Crippen molar-refractivity contribution in [2.24, 2.45) is 0 Å². The Hall–Kier alpha value is -1.92. The van der Waals surface area contributed by atoms with Crippen molar-refractivity contribution in [3.8, 4) is 0 Å². The molecule has 6 heteroatoms. The number of carbonyl (C=O) groups excluding carboxylic acids is 2. The molecule has 170 valence electrons. The van der Waals surface area contributed by atoms with Gasteiger partial charge in [0.25, 0.3) is 0 Å². The van der Waals surface area contributed by atoms with E-state index in [2.05, 4.69) is 38.7 Å². The van der Waals surface area contributed by atoms with Crippen LogP contribution in [0.15, 0.2) is 30.3 Å². The third kappa shape index (κ3) is 5.47. The number of hydrogen-bond acceptors (Lipinski definition) is 4. The normalized spacial score (nSPS) is 24.7. The second-order valence-corrected chi connectivity index (χ2v) is 9.44. The minimum absolute atomic E-state index is 0.209. The number of amides is 2. The summed E-state index contributed by atoms with van der Waals surface area (Å²) in [6.45, 7) is 8.66. The van der Waals surface area contributed by atoms with E-state index >= 15 is 0 Å². The van der Waals surface area contributed by atoms with Crippen LogP contribution in [0.4, 0.5) is 0 Å². The number of piperazine rings is 1. The van der Waals surface area contributed by atoms with E-state index in [4.69, 9.17) is 0 Å². The Morgan fingerprint density at radius 3 is 2.23 bits per heavy atom. The van der Waals surface area contributed by atoms with Crippen molar-refractivity contribution in [3.05, 3.63) is 35.9 Å². The maximum atomic E-state index is 13.5. The second-order valence-electron chi connectivity index (χ2n) is 9.44. The number of likely N-dealkylation sites (tertiary alicyclic amines) is 2. The molecule has 3 aliphatic heterocycles. The van der Waals surface area contributed by atoms with Crippen molar-refractivity contribution >= 4 is 11.8 Å². The van der Waals surface area contributed by atoms with Gasteiger partial charge in [0.2, 0.25) is 11.8 Å². The summed E-state index contributed by atoms with van der Waals surface area (Å²) in [6.07, 6.45) is 6.92. The van der Waals surface area contributed by atoms with Crippen LogP contribution in [0.5, 0.6) is 0 Å². The molecule has 4 rings (SSSR count). The molecule has 0 bridgehead atoms. The number of hydrogen-bond donors (Lipinski definition) is 0. The maximum absolute atomic E-state index is 13.5. The quantitative estimate of drug-likeness (QED) is 0.726. The lowest BCUT2D eigenvalue weighted by Crippen LogP contribution is -2.54. The van der Waals surface area contributed by atoms with Crippen LogP contribution in [0.3, 0.4) is 0 Å². The minimum Gasteiger partial charge on any atom is -0.341 e. The Bertz CT molecular complexity index is 726. The summed E-state index contributed by atoms with van der Waals surface area (Å²) in [7, 11) is 0. The molecular weight excluding hydrogens is 388 g/mol. The molecule has 0 saturated carbocycles. The van der Waals surface area contributed by atoms with E-state index in [9.17, 15) is 9.59 Å². The van der Waals surface area contributed by atoms with Crippen LogP contribution in [0, 0.1) is 0 Å². The van der Waals surface area contributed by atoms with Gasteiger partial charge in [-0.1, -0.05) is 30.3 Å². The van der Waals surface area contributed by atoms with Gasteiger partial charge in [-0.15, -0.1) is 0 Å². The van der Waals surface area contributed by atoms with Gasteiger partial charge in [-0.05, 0) is 51.0 Å². The summed E-state index contributed by atoms with van der Waals surface area (Å²) in [5.41, 5.74) is 1.09. The van der Waals surface area contributed by atoms with Gasteiger partial charge in [0, 0.05) is 51.9 Å². The maximum Gasteiger partial charge on any atom is 0.244 e. The molecule has 3 heterocycles. The van der Waals surface area contributed by atoms with Gasteiger partial charge in [-0.25, -0.2) is 0 Å². The summed E-state index contributed by atoms with van der Waals surface area (Å²) < 4.78 is 0. The average molecular weight is 427 g/mol.